The summed E-state index contributed by atoms with van der Waals surface area (Å²) in [5.74, 6) is -2.66. The van der Waals surface area contributed by atoms with Crippen LogP contribution in [-0.2, 0) is 90.5 Å². The number of hydrogen-bond donors (Lipinski definition) is 23. The number of amides is 3. The second kappa shape index (κ2) is 32.4. The van der Waals surface area contributed by atoms with E-state index in [0.717, 1.165) is 20.8 Å². The molecular weight excluding hydrogens is 1270 g/mol. The number of carbonyl (C=O) groups is 3. The van der Waals surface area contributed by atoms with Crippen molar-refractivity contribution >= 4 is 28.1 Å². The Morgan fingerprint density at radius 3 is 1.18 bits per heavy atom. The number of aliphatic hydroxyl groups is 19. The number of carbonyl (C=O) groups excluding carboxylic acids is 3. The summed E-state index contributed by atoms with van der Waals surface area (Å²) < 4.78 is 113. The van der Waals surface area contributed by atoms with Crippen LogP contribution in [0.4, 0.5) is 0 Å². The minimum absolute atomic E-state index is 0.760. The predicted octanol–water partition coefficient (Wildman–Crippen LogP) is -16.0. The summed E-state index contributed by atoms with van der Waals surface area (Å²) in [5.41, 5.74) is 0. The molecule has 528 valence electrons. The van der Waals surface area contributed by atoms with E-state index in [4.69, 9.17) is 61.6 Å². The van der Waals surface area contributed by atoms with Gasteiger partial charge in [-0.25, -0.2) is 4.18 Å². The van der Waals surface area contributed by atoms with Gasteiger partial charge in [0.05, 0.1) is 46.2 Å². The lowest BCUT2D eigenvalue weighted by Gasteiger charge is -2.51. The molecule has 7 fully saturated rings. The van der Waals surface area contributed by atoms with E-state index in [2.05, 4.69) is 20.1 Å². The summed E-state index contributed by atoms with van der Waals surface area (Å²) in [5, 5.41) is 214. The molecule has 7 aliphatic heterocycles. The van der Waals surface area contributed by atoms with Crippen LogP contribution in [0.5, 0.6) is 0 Å². The van der Waals surface area contributed by atoms with Crippen LogP contribution in [0, 0.1) is 0 Å². The number of aliphatic hydroxyl groups excluding tert-OH is 19. The fourth-order valence-electron chi connectivity index (χ4n) is 11.2. The van der Waals surface area contributed by atoms with Crippen LogP contribution in [-0.4, -0.2) is 389 Å². The van der Waals surface area contributed by atoms with Gasteiger partial charge in [-0.15, -0.1) is 0 Å². The maximum absolute atomic E-state index is 12.8. The van der Waals surface area contributed by atoms with Crippen LogP contribution in [0.25, 0.3) is 0 Å². The van der Waals surface area contributed by atoms with Crippen molar-refractivity contribution in [3.05, 3.63) is 0 Å². The number of hydrogen-bond acceptors (Lipinski definition) is 38. The van der Waals surface area contributed by atoms with Gasteiger partial charge in [0.25, 0.3) is 0 Å². The van der Waals surface area contributed by atoms with Gasteiger partial charge in [0, 0.05) is 20.8 Å². The maximum Gasteiger partial charge on any atom is 0.397 e. The Morgan fingerprint density at radius 1 is 0.341 bits per heavy atom. The summed E-state index contributed by atoms with van der Waals surface area (Å²) in [6.45, 7) is -4.70. The maximum atomic E-state index is 12.8. The first-order valence-corrected chi connectivity index (χ1v) is 29.6. The van der Waals surface area contributed by atoms with Gasteiger partial charge in [0.1, 0.15) is 171 Å². The molecule has 7 rings (SSSR count). The summed E-state index contributed by atoms with van der Waals surface area (Å²) in [7, 11) is -5.42. The van der Waals surface area contributed by atoms with Gasteiger partial charge in [-0.1, -0.05) is 0 Å². The molecule has 0 bridgehead atoms. The largest absolute Gasteiger partial charge is 0.397 e. The molecule has 7 saturated heterocycles. The predicted molar refractivity (Wildman–Crippen MR) is 277 cm³/mol. The Labute approximate surface area is 515 Å². The molecule has 23 N–H and O–H groups in total. The third kappa shape index (κ3) is 17.4. The van der Waals surface area contributed by atoms with Crippen LogP contribution in [0.3, 0.4) is 0 Å². The average molecular weight is 1360 g/mol. The summed E-state index contributed by atoms with van der Waals surface area (Å²) >= 11 is 0. The lowest BCUT2D eigenvalue weighted by molar-refractivity contribution is -0.397. The molecule has 7 heterocycles. The van der Waals surface area contributed by atoms with E-state index >= 15 is 0 Å². The fourth-order valence-corrected chi connectivity index (χ4v) is 11.5. The molecular formula is C48H81N3O39S. The second-order valence-corrected chi connectivity index (χ2v) is 23.4. The molecule has 0 saturated carbocycles. The van der Waals surface area contributed by atoms with Crippen molar-refractivity contribution in [2.45, 2.75) is 236 Å². The van der Waals surface area contributed by atoms with Crippen LogP contribution in [0.1, 0.15) is 20.8 Å². The van der Waals surface area contributed by atoms with E-state index in [0.29, 0.717) is 0 Å². The van der Waals surface area contributed by atoms with Crippen molar-refractivity contribution in [3.8, 4) is 0 Å². The lowest BCUT2D eigenvalue weighted by Crippen LogP contribution is -2.71. The monoisotopic (exact) mass is 1360 g/mol. The first kappa shape index (κ1) is 75.4. The molecule has 0 spiro atoms. The van der Waals surface area contributed by atoms with Crippen LogP contribution < -0.4 is 16.0 Å². The van der Waals surface area contributed by atoms with Crippen LogP contribution in [0.2, 0.25) is 0 Å². The molecule has 0 aromatic carbocycles. The highest BCUT2D eigenvalue weighted by Gasteiger charge is 2.59. The van der Waals surface area contributed by atoms with Gasteiger partial charge in [-0.2, -0.15) is 8.42 Å². The summed E-state index contributed by atoms with van der Waals surface area (Å²) in [4.78, 5) is 37.5. The highest BCUT2D eigenvalue weighted by atomic mass is 32.3. The molecule has 7 aliphatic rings. The minimum atomic E-state index is -5.42. The van der Waals surface area contributed by atoms with Crippen molar-refractivity contribution in [1.82, 2.24) is 16.0 Å². The Kier molecular flexibility index (Phi) is 26.8. The number of rotatable bonds is 24. The van der Waals surface area contributed by atoms with Crippen molar-refractivity contribution in [1.29, 1.82) is 0 Å². The Balaban J connectivity index is 1.22. The van der Waals surface area contributed by atoms with Gasteiger partial charge in [-0.05, 0) is 0 Å². The van der Waals surface area contributed by atoms with Gasteiger partial charge in [-0.3, -0.25) is 18.9 Å². The van der Waals surface area contributed by atoms with E-state index in [1.165, 1.54) is 0 Å². The van der Waals surface area contributed by atoms with Crippen LogP contribution in [0.15, 0.2) is 0 Å². The molecule has 3 amide bonds. The Morgan fingerprint density at radius 2 is 0.692 bits per heavy atom. The Hall–Kier alpha value is -3.00. The van der Waals surface area contributed by atoms with Gasteiger partial charge in [0.2, 0.25) is 17.7 Å². The van der Waals surface area contributed by atoms with Crippen molar-refractivity contribution in [2.24, 2.45) is 0 Å². The molecule has 0 unspecified atom stereocenters. The van der Waals surface area contributed by atoms with Crippen molar-refractivity contribution < 1.29 is 190 Å². The first-order valence-electron chi connectivity index (χ1n) is 28.3. The summed E-state index contributed by atoms with van der Waals surface area (Å²) in [6, 6.07) is -5.49. The van der Waals surface area contributed by atoms with Crippen molar-refractivity contribution in [3.63, 3.8) is 0 Å². The third-order valence-electron chi connectivity index (χ3n) is 15.9. The molecule has 0 aromatic heterocycles. The molecule has 0 radical (unpaired) electrons. The zero-order valence-corrected chi connectivity index (χ0v) is 49.1. The smallest absolute Gasteiger partial charge is 0.394 e. The lowest BCUT2D eigenvalue weighted by atomic mass is 9.93. The zero-order valence-electron chi connectivity index (χ0n) is 48.3. The second-order valence-electron chi connectivity index (χ2n) is 22.3. The highest BCUT2D eigenvalue weighted by Crippen LogP contribution is 2.38. The van der Waals surface area contributed by atoms with Crippen LogP contribution >= 0.6 is 0 Å². The Bertz CT molecular complexity index is 2450. The van der Waals surface area contributed by atoms with Gasteiger partial charge >= 0.3 is 10.4 Å². The molecule has 91 heavy (non-hydrogen) atoms. The molecule has 43 heteroatoms. The molecule has 35 atom stereocenters. The quantitative estimate of drug-likeness (QED) is 0.0399. The fraction of sp³-hybridized carbons (Fsp3) is 0.938. The SMILES string of the molecule is CC(=O)N[C@@H]1[C@@H](O)[C@H](O[C@@H]2O[C@H](CO)[C@@H](O[C@@H]3O[C@H](CO[C@H]4O[C@H](CO)[C@@H](O)[C@H](O)[C@@H]4O)[C@@H](O)[C@H](O[C@H]4O[C@H](CO)[C@@H](O)[C@H](O)[C@@H]4O[C@@H]4O[C@H](COS(=O)(=O)O)[C@@H](O[C@@H]5O[C@H](CO)[C@H](O)[C@H](O)[C@H]5O)[C@H](O)[C@H]4NC(C)=O)[C@@H]3O)[C@H](O)[C@H]2NC(C)=O)[C@@H](CO)O[C@H]1O. The standard InChI is InChI=1S/C48H81N3O39S/c1-11(57)49-21-28(64)37(17(7-55)79-42(21)73)86-43-22(50-12(2)58)29(65)38(18(8-56)83-43)87-47-36(72)40(27(63)19(84-47)9-77-45-34(70)31(67)24(60)14(4-52)80-45)89-48-41(33(69)26(62)16(6-54)82-48)90-44-23(51-13(3)59)30(66)39(20(85-44)10-78-91(74,75)76)88-46-35(71)32(68)25(61)15(5-53)81-46/h14-48,52-56,60-73H,4-10H2,1-3H3,(H,49,57)(H,50,58)(H,51,59)(H,74,75,76)/t14-,15-,16-,17-,18-,19-,20-,21-,22-,23-,24-,25+,26-,27-,28-,29-,30-,31+,32+,33+,34+,35-,36+,37-,38-,39-,40+,41+,42-,43+,44+,45+,46+,47+,48-/m1/s1. The van der Waals surface area contributed by atoms with E-state index in [1.54, 1.807) is 0 Å². The zero-order chi connectivity index (χ0) is 67.4. The van der Waals surface area contributed by atoms with E-state index in [-0.39, 0.29) is 0 Å². The third-order valence-corrected chi connectivity index (χ3v) is 16.4. The highest BCUT2D eigenvalue weighted by molar-refractivity contribution is 7.80. The molecule has 0 aromatic rings. The number of nitrogens with one attached hydrogen (secondary N) is 3. The van der Waals surface area contributed by atoms with Crippen molar-refractivity contribution in [2.75, 3.05) is 46.2 Å². The first-order chi connectivity index (χ1) is 42.8. The minimum Gasteiger partial charge on any atom is -0.394 e. The number of ether oxygens (including phenoxy) is 13. The topological polar surface area (TPSA) is 655 Å². The van der Waals surface area contributed by atoms with E-state index < -0.39 is 289 Å². The molecule has 0 aliphatic carbocycles. The summed E-state index contributed by atoms with van der Waals surface area (Å²) in [6.07, 6.45) is -66.4. The average Bonchev–Trinajstić information content (AvgIpc) is 0.827. The van der Waals surface area contributed by atoms with E-state index in [1.807, 2.05) is 0 Å². The van der Waals surface area contributed by atoms with Gasteiger partial charge < -0.3 is 175 Å². The van der Waals surface area contributed by atoms with E-state index in [9.17, 15) is 124 Å². The van der Waals surface area contributed by atoms with Gasteiger partial charge in [0.15, 0.2) is 44.0 Å². The normalized spacial score (nSPS) is 47.5. The molecule has 42 nitrogen and oxygen atoms in total.